The van der Waals surface area contributed by atoms with Crippen LogP contribution < -0.4 is 15.8 Å². The predicted molar refractivity (Wildman–Crippen MR) is 147 cm³/mol. The van der Waals surface area contributed by atoms with Crippen molar-refractivity contribution in [1.82, 2.24) is 24.8 Å². The predicted octanol–water partition coefficient (Wildman–Crippen LogP) is 5.39. The first-order valence-corrected chi connectivity index (χ1v) is 13.7. The minimum atomic E-state index is 0.433. The number of nitrogen functional groups attached to an aromatic ring is 1. The molecule has 4 aliphatic rings. The molecule has 1 aliphatic carbocycles. The van der Waals surface area contributed by atoms with E-state index in [4.69, 9.17) is 15.5 Å². The number of nitrogens with one attached hydrogen (secondary N) is 1. The van der Waals surface area contributed by atoms with Gasteiger partial charge in [0.15, 0.2) is 0 Å². The average Bonchev–Trinajstić information content (AvgIpc) is 3.36. The van der Waals surface area contributed by atoms with E-state index in [1.54, 1.807) is 6.33 Å². The molecule has 7 nitrogen and oxygen atoms in total. The number of rotatable bonds is 5. The minimum absolute atomic E-state index is 0.433. The number of benzene rings is 2. The molecule has 5 heterocycles. The molecule has 3 aliphatic heterocycles. The zero-order chi connectivity index (χ0) is 24.8. The number of hydrogen-bond donors (Lipinski definition) is 2. The third-order valence-electron chi connectivity index (χ3n) is 8.70. The van der Waals surface area contributed by atoms with E-state index in [2.05, 4.69) is 38.1 Å². The van der Waals surface area contributed by atoms with Crippen LogP contribution >= 0.6 is 0 Å². The van der Waals surface area contributed by atoms with Crippen molar-refractivity contribution in [2.45, 2.75) is 62.7 Å². The summed E-state index contributed by atoms with van der Waals surface area (Å²) in [5.41, 5.74) is 9.54. The van der Waals surface area contributed by atoms with Crippen molar-refractivity contribution < 1.29 is 4.74 Å². The summed E-state index contributed by atoms with van der Waals surface area (Å²) in [5, 5.41) is 4.65. The molecule has 37 heavy (non-hydrogen) atoms. The fraction of sp³-hybridized carbons (Fsp3) is 0.400. The summed E-state index contributed by atoms with van der Waals surface area (Å²) in [6.07, 6.45) is 11.4. The number of piperazine rings is 1. The Kier molecular flexibility index (Phi) is 5.82. The van der Waals surface area contributed by atoms with Crippen LogP contribution in [0.2, 0.25) is 0 Å². The topological polar surface area (TPSA) is 81.2 Å². The van der Waals surface area contributed by atoms with E-state index in [0.29, 0.717) is 23.9 Å². The first-order chi connectivity index (χ1) is 18.2. The largest absolute Gasteiger partial charge is 0.457 e. The lowest BCUT2D eigenvalue weighted by molar-refractivity contribution is 0.0175. The Hall–Kier alpha value is -3.42. The number of aromatic nitrogens is 3. The van der Waals surface area contributed by atoms with Gasteiger partial charge >= 0.3 is 0 Å². The molecule has 0 amide bonds. The number of hydrogen-bond acceptors (Lipinski definition) is 6. The number of fused-ring (bicyclic) bond motifs is 4. The molecule has 8 rings (SSSR count). The third kappa shape index (κ3) is 4.26. The Labute approximate surface area is 217 Å². The monoisotopic (exact) mass is 494 g/mol. The molecule has 0 radical (unpaired) electrons. The second-order valence-electron chi connectivity index (χ2n) is 10.8. The fourth-order valence-corrected chi connectivity index (χ4v) is 6.79. The summed E-state index contributed by atoms with van der Waals surface area (Å²) >= 11 is 0. The van der Waals surface area contributed by atoms with Crippen molar-refractivity contribution >= 4 is 16.9 Å². The van der Waals surface area contributed by atoms with E-state index in [1.165, 1.54) is 51.6 Å². The summed E-state index contributed by atoms with van der Waals surface area (Å²) in [4.78, 5) is 11.9. The average molecular weight is 495 g/mol. The molecule has 0 spiro atoms. The van der Waals surface area contributed by atoms with E-state index < -0.39 is 0 Å². The van der Waals surface area contributed by atoms with E-state index in [1.807, 2.05) is 42.5 Å². The van der Waals surface area contributed by atoms with Gasteiger partial charge in [-0.15, -0.1) is 0 Å². The van der Waals surface area contributed by atoms with Gasteiger partial charge in [0.25, 0.3) is 0 Å². The zero-order valence-electron chi connectivity index (χ0n) is 21.1. The number of nitrogens with zero attached hydrogens (tertiary/aromatic N) is 4. The van der Waals surface area contributed by atoms with Crippen LogP contribution in [-0.2, 0) is 0 Å². The molecule has 4 aromatic rings. The highest BCUT2D eigenvalue weighted by Crippen LogP contribution is 2.40. The van der Waals surface area contributed by atoms with Crippen LogP contribution in [0.25, 0.3) is 22.2 Å². The molecule has 1 saturated carbocycles. The first-order valence-electron chi connectivity index (χ1n) is 13.7. The maximum atomic E-state index is 6.42. The maximum Gasteiger partial charge on any atom is 0.146 e. The van der Waals surface area contributed by atoms with Gasteiger partial charge in [-0.25, -0.2) is 9.97 Å². The van der Waals surface area contributed by atoms with Gasteiger partial charge in [-0.05, 0) is 68.4 Å². The Morgan fingerprint density at radius 2 is 1.54 bits per heavy atom. The van der Waals surface area contributed by atoms with Gasteiger partial charge in [0.1, 0.15) is 29.3 Å². The summed E-state index contributed by atoms with van der Waals surface area (Å²) in [5.74, 6) is 2.17. The SMILES string of the molecule is Nc1ncnc2c1c(-c1ccc(Oc3ccccc3)cc1)cn2C1CCC(N2CC3CCC2CN3)CC1. The zero-order valence-corrected chi connectivity index (χ0v) is 21.1. The summed E-state index contributed by atoms with van der Waals surface area (Å²) in [6.45, 7) is 2.39. The second kappa shape index (κ2) is 9.47. The maximum absolute atomic E-state index is 6.42. The van der Waals surface area contributed by atoms with Crippen molar-refractivity contribution in [2.75, 3.05) is 18.8 Å². The molecule has 4 fully saturated rings. The van der Waals surface area contributed by atoms with Gasteiger partial charge in [-0.1, -0.05) is 30.3 Å². The standard InChI is InChI=1S/C30H34N6O/c31-29-28-27(20-6-14-26(15-7-20)37-25-4-2-1-3-5-25)18-36(30(28)34-19-33-29)23-12-10-22(11-13-23)35-17-21-8-9-24(35)16-32-21/h1-7,14-15,18-19,21-24,32H,8-13,16-17H2,(H2,31,33,34). The fourth-order valence-electron chi connectivity index (χ4n) is 6.79. The van der Waals surface area contributed by atoms with Crippen LogP contribution in [0.4, 0.5) is 5.82 Å². The molecule has 190 valence electrons. The molecule has 2 unspecified atom stereocenters. The van der Waals surface area contributed by atoms with Crippen molar-refractivity contribution in [3.8, 4) is 22.6 Å². The van der Waals surface area contributed by atoms with Crippen LogP contribution in [0.15, 0.2) is 67.1 Å². The van der Waals surface area contributed by atoms with Gasteiger partial charge in [-0.2, -0.15) is 0 Å². The lowest BCUT2D eigenvalue weighted by Gasteiger charge is -2.50. The number of nitrogens with two attached hydrogens (primary N) is 1. The Bertz CT molecular complexity index is 1370. The smallest absolute Gasteiger partial charge is 0.146 e. The number of piperidine rings is 2. The van der Waals surface area contributed by atoms with Gasteiger partial charge in [0.05, 0.1) is 5.39 Å². The van der Waals surface area contributed by atoms with E-state index >= 15 is 0 Å². The van der Waals surface area contributed by atoms with Crippen LogP contribution in [0.5, 0.6) is 11.5 Å². The Morgan fingerprint density at radius 3 is 2.24 bits per heavy atom. The molecular formula is C30H34N6O. The summed E-state index contributed by atoms with van der Waals surface area (Å²) < 4.78 is 8.37. The van der Waals surface area contributed by atoms with E-state index in [9.17, 15) is 0 Å². The lowest BCUT2D eigenvalue weighted by Crippen LogP contribution is -2.63. The van der Waals surface area contributed by atoms with Gasteiger partial charge in [-0.3, -0.25) is 4.90 Å². The van der Waals surface area contributed by atoms with Crippen LogP contribution in [-0.4, -0.2) is 50.7 Å². The highest BCUT2D eigenvalue weighted by atomic mass is 16.5. The number of para-hydroxylation sites is 1. The minimum Gasteiger partial charge on any atom is -0.457 e. The quantitative estimate of drug-likeness (QED) is 0.387. The summed E-state index contributed by atoms with van der Waals surface area (Å²) in [7, 11) is 0. The molecule has 3 N–H and O–H groups in total. The molecule has 2 bridgehead atoms. The van der Waals surface area contributed by atoms with Crippen molar-refractivity contribution in [1.29, 1.82) is 0 Å². The van der Waals surface area contributed by atoms with Gasteiger partial charge < -0.3 is 20.4 Å². The van der Waals surface area contributed by atoms with E-state index in [-0.39, 0.29) is 0 Å². The van der Waals surface area contributed by atoms with Gasteiger partial charge in [0, 0.05) is 49.0 Å². The molecule has 2 atom stereocenters. The van der Waals surface area contributed by atoms with E-state index in [0.717, 1.165) is 39.7 Å². The Balaban J connectivity index is 1.13. The number of ether oxygens (including phenoxy) is 1. The Morgan fingerprint density at radius 1 is 0.811 bits per heavy atom. The second-order valence-corrected chi connectivity index (χ2v) is 10.8. The van der Waals surface area contributed by atoms with Crippen molar-refractivity contribution in [3.05, 3.63) is 67.1 Å². The molecule has 7 heteroatoms. The van der Waals surface area contributed by atoms with Crippen LogP contribution in [0, 0.1) is 0 Å². The molecule has 3 saturated heterocycles. The normalized spacial score (nSPS) is 25.9. The highest BCUT2D eigenvalue weighted by molar-refractivity contribution is 6.00. The summed E-state index contributed by atoms with van der Waals surface area (Å²) in [6, 6.07) is 20.6. The molecule has 2 aromatic carbocycles. The third-order valence-corrected chi connectivity index (χ3v) is 8.70. The number of anilines is 1. The van der Waals surface area contributed by atoms with Crippen LogP contribution in [0.3, 0.4) is 0 Å². The molecular weight excluding hydrogens is 460 g/mol. The van der Waals surface area contributed by atoms with Crippen molar-refractivity contribution in [3.63, 3.8) is 0 Å². The first kappa shape index (κ1) is 22.8. The molecule has 2 aromatic heterocycles. The van der Waals surface area contributed by atoms with Gasteiger partial charge in [0.2, 0.25) is 0 Å². The lowest BCUT2D eigenvalue weighted by atomic mass is 9.85. The van der Waals surface area contributed by atoms with Crippen LogP contribution in [0.1, 0.15) is 44.6 Å². The highest BCUT2D eigenvalue weighted by Gasteiger charge is 2.38. The van der Waals surface area contributed by atoms with Crippen molar-refractivity contribution in [2.24, 2.45) is 0 Å².